The molecule has 2 heterocycles. The normalized spacial score (nSPS) is 27.4. The lowest BCUT2D eigenvalue weighted by Gasteiger charge is -2.46. The summed E-state index contributed by atoms with van der Waals surface area (Å²) < 4.78 is 5.40. The zero-order chi connectivity index (χ0) is 20.6. The molecule has 7 heteroatoms. The summed E-state index contributed by atoms with van der Waals surface area (Å²) in [6, 6.07) is 9.86. The van der Waals surface area contributed by atoms with Crippen molar-refractivity contribution in [2.75, 3.05) is 18.0 Å². The second-order valence-electron chi connectivity index (χ2n) is 9.16. The topological polar surface area (TPSA) is 91.5 Å². The second kappa shape index (κ2) is 8.02. The third-order valence-electron chi connectivity index (χ3n) is 6.98. The molecule has 0 spiro atoms. The molecule has 2 saturated carbocycles. The van der Waals surface area contributed by atoms with Crippen LogP contribution in [0.1, 0.15) is 68.7 Å². The molecule has 0 bridgehead atoms. The minimum absolute atomic E-state index is 0.0360. The van der Waals surface area contributed by atoms with E-state index < -0.39 is 11.6 Å². The first kappa shape index (κ1) is 19.5. The van der Waals surface area contributed by atoms with Gasteiger partial charge in [-0.1, -0.05) is 43.2 Å². The number of piperidine rings is 1. The summed E-state index contributed by atoms with van der Waals surface area (Å²) in [5, 5.41) is 18.7. The molecule has 160 valence electrons. The Hall–Kier alpha value is -2.41. The minimum atomic E-state index is -0.795. The highest BCUT2D eigenvalue weighted by Gasteiger charge is 2.46. The summed E-state index contributed by atoms with van der Waals surface area (Å²) in [7, 11) is 0. The van der Waals surface area contributed by atoms with Gasteiger partial charge in [0.15, 0.2) is 0 Å². The Morgan fingerprint density at radius 3 is 2.67 bits per heavy atom. The molecule has 2 aromatic rings. The smallest absolute Gasteiger partial charge is 0.266 e. The highest BCUT2D eigenvalue weighted by Crippen LogP contribution is 2.40. The zero-order valence-electron chi connectivity index (χ0n) is 17.3. The number of anilines is 1. The Labute approximate surface area is 176 Å². The number of hydrogen-bond acceptors (Lipinski definition) is 6. The first-order valence-corrected chi connectivity index (χ1v) is 11.3. The average Bonchev–Trinajstić information content (AvgIpc) is 3.26. The van der Waals surface area contributed by atoms with Crippen LogP contribution in [0, 0.1) is 5.92 Å². The fourth-order valence-corrected chi connectivity index (χ4v) is 5.03. The quantitative estimate of drug-likeness (QED) is 0.760. The summed E-state index contributed by atoms with van der Waals surface area (Å²) in [6.07, 6.45) is 7.25. The number of aliphatic hydroxyl groups is 1. The van der Waals surface area contributed by atoms with E-state index in [0.717, 1.165) is 31.2 Å². The molecule has 1 amide bonds. The van der Waals surface area contributed by atoms with Crippen molar-refractivity contribution in [1.29, 1.82) is 0 Å². The van der Waals surface area contributed by atoms with Crippen molar-refractivity contribution < 1.29 is 14.4 Å². The fraction of sp³-hybridized carbons (Fsp3) is 0.609. The van der Waals surface area contributed by atoms with Crippen molar-refractivity contribution in [3.63, 3.8) is 0 Å². The van der Waals surface area contributed by atoms with Crippen LogP contribution in [-0.4, -0.2) is 40.3 Å². The number of amides is 1. The van der Waals surface area contributed by atoms with Crippen molar-refractivity contribution in [3.05, 3.63) is 41.8 Å². The van der Waals surface area contributed by atoms with Crippen molar-refractivity contribution >= 4 is 11.9 Å². The molecule has 5 rings (SSSR count). The summed E-state index contributed by atoms with van der Waals surface area (Å²) >= 11 is 0. The van der Waals surface area contributed by atoms with E-state index in [2.05, 4.69) is 15.5 Å². The van der Waals surface area contributed by atoms with E-state index in [1.54, 1.807) is 0 Å². The van der Waals surface area contributed by atoms with Crippen LogP contribution in [0.2, 0.25) is 0 Å². The molecule has 2 atom stereocenters. The molecule has 0 radical (unpaired) electrons. The average molecular weight is 411 g/mol. The highest BCUT2D eigenvalue weighted by molar-refractivity contribution is 5.77. The predicted molar refractivity (Wildman–Crippen MR) is 112 cm³/mol. The van der Waals surface area contributed by atoms with Crippen molar-refractivity contribution in [2.24, 2.45) is 5.92 Å². The Morgan fingerprint density at radius 1 is 1.20 bits per heavy atom. The molecule has 1 aromatic heterocycles. The number of carbonyl (C=O) groups is 1. The molecule has 3 aliphatic rings. The number of carbonyl (C=O) groups excluding carboxylic acids is 1. The number of nitrogens with one attached hydrogen (secondary N) is 1. The maximum absolute atomic E-state index is 13.0. The number of hydrogen-bond donors (Lipinski definition) is 2. The molecule has 2 aliphatic carbocycles. The molecule has 2 N–H and O–H groups in total. The summed E-state index contributed by atoms with van der Waals surface area (Å²) in [5.41, 5.74) is 0.153. The summed E-state index contributed by atoms with van der Waals surface area (Å²) in [4.78, 5) is 19.4. The van der Waals surface area contributed by atoms with Crippen LogP contribution in [0.3, 0.4) is 0 Å². The number of benzene rings is 1. The molecular formula is C23H30N4O3. The van der Waals surface area contributed by atoms with Crippen LogP contribution in [-0.2, 0) is 10.3 Å². The van der Waals surface area contributed by atoms with Gasteiger partial charge in [-0.3, -0.25) is 4.79 Å². The maximum atomic E-state index is 13.0. The SMILES string of the molecule is O=C(CC1CCCC1)N[C@]1(c2ccccc2)CCN(c2noc(C3CC3)n2)C[C@H]1O. The number of β-amino-alcohol motifs (C(OH)–C–C–N with tert-alkyl or cyclic N) is 1. The van der Waals surface area contributed by atoms with Crippen LogP contribution < -0.4 is 10.2 Å². The van der Waals surface area contributed by atoms with E-state index >= 15 is 0 Å². The van der Waals surface area contributed by atoms with Crippen molar-refractivity contribution in [2.45, 2.75) is 68.9 Å². The lowest BCUT2D eigenvalue weighted by molar-refractivity contribution is -0.126. The van der Waals surface area contributed by atoms with E-state index in [-0.39, 0.29) is 5.91 Å². The van der Waals surface area contributed by atoms with Gasteiger partial charge in [0.25, 0.3) is 5.95 Å². The third kappa shape index (κ3) is 3.83. The molecule has 1 aromatic carbocycles. The number of aromatic nitrogens is 2. The van der Waals surface area contributed by atoms with Gasteiger partial charge in [0.1, 0.15) is 0 Å². The first-order valence-electron chi connectivity index (χ1n) is 11.3. The Bertz CT molecular complexity index is 876. The maximum Gasteiger partial charge on any atom is 0.266 e. The van der Waals surface area contributed by atoms with Gasteiger partial charge in [-0.25, -0.2) is 0 Å². The summed E-state index contributed by atoms with van der Waals surface area (Å²) in [6.45, 7) is 0.988. The molecule has 3 fully saturated rings. The van der Waals surface area contributed by atoms with E-state index in [1.807, 2.05) is 35.2 Å². The van der Waals surface area contributed by atoms with Gasteiger partial charge >= 0.3 is 0 Å². The minimum Gasteiger partial charge on any atom is -0.388 e. The zero-order valence-corrected chi connectivity index (χ0v) is 17.3. The van der Waals surface area contributed by atoms with Crippen LogP contribution in [0.25, 0.3) is 0 Å². The van der Waals surface area contributed by atoms with Crippen LogP contribution >= 0.6 is 0 Å². The van der Waals surface area contributed by atoms with Crippen LogP contribution in [0.5, 0.6) is 0 Å². The monoisotopic (exact) mass is 410 g/mol. The Balaban J connectivity index is 1.34. The molecule has 1 aliphatic heterocycles. The molecule has 1 saturated heterocycles. The second-order valence-corrected chi connectivity index (χ2v) is 9.16. The van der Waals surface area contributed by atoms with Crippen LogP contribution in [0.4, 0.5) is 5.95 Å². The lowest BCUT2D eigenvalue weighted by Crippen LogP contribution is -2.62. The Kier molecular flexibility index (Phi) is 5.23. The van der Waals surface area contributed by atoms with E-state index in [4.69, 9.17) is 4.52 Å². The largest absolute Gasteiger partial charge is 0.388 e. The lowest BCUT2D eigenvalue weighted by atomic mass is 9.78. The number of aliphatic hydroxyl groups excluding tert-OH is 1. The van der Waals surface area contributed by atoms with Gasteiger partial charge < -0.3 is 19.8 Å². The highest BCUT2D eigenvalue weighted by atomic mass is 16.5. The molecule has 0 unspecified atom stereocenters. The van der Waals surface area contributed by atoms with Gasteiger partial charge in [-0.15, -0.1) is 0 Å². The number of rotatable bonds is 6. The van der Waals surface area contributed by atoms with E-state index in [0.29, 0.717) is 49.6 Å². The third-order valence-corrected chi connectivity index (χ3v) is 6.98. The van der Waals surface area contributed by atoms with Crippen molar-refractivity contribution in [3.8, 4) is 0 Å². The first-order chi connectivity index (χ1) is 14.6. The van der Waals surface area contributed by atoms with Crippen LogP contribution in [0.15, 0.2) is 34.9 Å². The van der Waals surface area contributed by atoms with E-state index in [1.165, 1.54) is 12.8 Å². The van der Waals surface area contributed by atoms with Gasteiger partial charge in [0.05, 0.1) is 11.6 Å². The van der Waals surface area contributed by atoms with Gasteiger partial charge in [0, 0.05) is 25.4 Å². The van der Waals surface area contributed by atoms with Gasteiger partial charge in [-0.05, 0) is 48.7 Å². The van der Waals surface area contributed by atoms with E-state index in [9.17, 15) is 9.90 Å². The molecule has 7 nitrogen and oxygen atoms in total. The molecule has 30 heavy (non-hydrogen) atoms. The fourth-order valence-electron chi connectivity index (χ4n) is 5.03. The number of nitrogens with zero attached hydrogens (tertiary/aromatic N) is 3. The summed E-state index contributed by atoms with van der Waals surface area (Å²) in [5.74, 6) is 2.14. The Morgan fingerprint density at radius 2 is 1.97 bits per heavy atom. The standard InChI is InChI=1S/C23H30N4O3/c28-19-15-27(22-24-21(30-26-22)17-10-11-17)13-12-23(19,18-8-2-1-3-9-18)25-20(29)14-16-6-4-5-7-16/h1-3,8-9,16-17,19,28H,4-7,10-15H2,(H,25,29)/t19-,23+/m1/s1. The predicted octanol–water partition coefficient (Wildman–Crippen LogP) is 3.11. The van der Waals surface area contributed by atoms with Gasteiger partial charge in [-0.2, -0.15) is 4.98 Å². The van der Waals surface area contributed by atoms with Gasteiger partial charge in [0.2, 0.25) is 11.8 Å². The molecular weight excluding hydrogens is 380 g/mol. The van der Waals surface area contributed by atoms with Crippen molar-refractivity contribution in [1.82, 2.24) is 15.5 Å².